The zero-order chi connectivity index (χ0) is 22.8. The fourth-order valence-electron chi connectivity index (χ4n) is 9.39. The predicted molar refractivity (Wildman–Crippen MR) is 131 cm³/mol. The van der Waals surface area contributed by atoms with Gasteiger partial charge in [-0.15, -0.1) is 0 Å². The van der Waals surface area contributed by atoms with Crippen molar-refractivity contribution in [3.8, 4) is 0 Å². The molecule has 0 N–H and O–H groups in total. The van der Waals surface area contributed by atoms with Gasteiger partial charge >= 0.3 is 0 Å². The third-order valence-corrected chi connectivity index (χ3v) is 11.4. The Morgan fingerprint density at radius 1 is 1.06 bits per heavy atom. The van der Waals surface area contributed by atoms with Crippen molar-refractivity contribution in [1.82, 2.24) is 9.55 Å². The quantitative estimate of drug-likeness (QED) is 0.518. The molecule has 0 radical (unpaired) electrons. The van der Waals surface area contributed by atoms with Crippen LogP contribution in [0.2, 0.25) is 0 Å². The summed E-state index contributed by atoms with van der Waals surface area (Å²) < 4.78 is 20.8. The molecular weight excluding hydrogens is 432 g/mol. The van der Waals surface area contributed by atoms with Crippen LogP contribution in [0.25, 0.3) is 0 Å². The Kier molecular flexibility index (Phi) is 5.47. The monoisotopic (exact) mass is 472 g/mol. The lowest BCUT2D eigenvalue weighted by Crippen LogP contribution is -2.59. The van der Waals surface area contributed by atoms with Crippen LogP contribution in [-0.4, -0.2) is 40.3 Å². The average molecular weight is 473 g/mol. The molecule has 1 spiro atoms. The number of imidazole rings is 1. The number of rotatable bonds is 2. The Hall–Kier alpha value is -0.980. The lowest BCUT2D eigenvalue weighted by Gasteiger charge is -2.63. The van der Waals surface area contributed by atoms with Gasteiger partial charge in [0, 0.05) is 24.2 Å². The first-order valence-electron chi connectivity index (χ1n) is 13.3. The first kappa shape index (κ1) is 22.5. The highest BCUT2D eigenvalue weighted by Crippen LogP contribution is 2.70. The number of thiocarbonyl (C=S) groups is 1. The lowest BCUT2D eigenvalue weighted by molar-refractivity contribution is -0.250. The minimum Gasteiger partial charge on any atom is -0.470 e. The summed E-state index contributed by atoms with van der Waals surface area (Å²) in [5.41, 5.74) is 0.557. The van der Waals surface area contributed by atoms with Gasteiger partial charge in [0.15, 0.2) is 5.79 Å². The molecule has 1 aromatic rings. The summed E-state index contributed by atoms with van der Waals surface area (Å²) in [7, 11) is 0. The van der Waals surface area contributed by atoms with Gasteiger partial charge < -0.3 is 14.2 Å². The second-order valence-corrected chi connectivity index (χ2v) is 12.7. The molecule has 182 valence electrons. The summed E-state index contributed by atoms with van der Waals surface area (Å²) in [4.78, 5) is 4.13. The van der Waals surface area contributed by atoms with Crippen LogP contribution >= 0.6 is 12.2 Å². The highest BCUT2D eigenvalue weighted by atomic mass is 32.1. The fourth-order valence-corrected chi connectivity index (χ4v) is 9.57. The molecule has 5 nitrogen and oxygen atoms in total. The molecular formula is C27H40N2O3S. The fraction of sp³-hybridized carbons (Fsp3) is 0.852. The molecule has 33 heavy (non-hydrogen) atoms. The van der Waals surface area contributed by atoms with Gasteiger partial charge in [-0.25, -0.2) is 4.98 Å². The van der Waals surface area contributed by atoms with Crippen LogP contribution in [-0.2, 0) is 14.2 Å². The van der Waals surface area contributed by atoms with E-state index in [9.17, 15) is 0 Å². The molecule has 0 amide bonds. The molecule has 4 aliphatic carbocycles. The molecule has 1 aromatic heterocycles. The molecule has 8 atom stereocenters. The van der Waals surface area contributed by atoms with Crippen LogP contribution in [0.4, 0.5) is 0 Å². The van der Waals surface area contributed by atoms with Crippen LogP contribution in [0.15, 0.2) is 18.7 Å². The van der Waals surface area contributed by atoms with Crippen molar-refractivity contribution in [3.05, 3.63) is 18.7 Å². The topological polar surface area (TPSA) is 45.5 Å². The summed E-state index contributed by atoms with van der Waals surface area (Å²) in [5.74, 6) is 4.02. The largest absolute Gasteiger partial charge is 0.470 e. The number of hydrogen-bond acceptors (Lipinski definition) is 5. The predicted octanol–water partition coefficient (Wildman–Crippen LogP) is 5.68. The summed E-state index contributed by atoms with van der Waals surface area (Å²) in [6.45, 7) is 9.83. The molecule has 2 heterocycles. The minimum atomic E-state index is -0.323. The third kappa shape index (κ3) is 3.30. The third-order valence-electron chi connectivity index (χ3n) is 11.0. The SMILES string of the molecule is C[C@H]1CC[C@@]2(C)[C@H](C1)[C@H](COC(=S)n1ccnc1)C[C@@H]1[C@@H]2CC[C@@]2(C)[C@H]1CCC21OCCO1. The van der Waals surface area contributed by atoms with Gasteiger partial charge in [0.25, 0.3) is 5.17 Å². The van der Waals surface area contributed by atoms with E-state index in [1.54, 1.807) is 12.5 Å². The molecule has 1 aliphatic heterocycles. The summed E-state index contributed by atoms with van der Waals surface area (Å²) in [6, 6.07) is 0. The highest BCUT2D eigenvalue weighted by Gasteiger charge is 2.68. The van der Waals surface area contributed by atoms with Crippen molar-refractivity contribution in [2.75, 3.05) is 19.8 Å². The maximum atomic E-state index is 6.37. The molecule has 5 aliphatic rings. The Morgan fingerprint density at radius 3 is 2.61 bits per heavy atom. The van der Waals surface area contributed by atoms with Gasteiger partial charge in [-0.05, 0) is 91.7 Å². The van der Waals surface area contributed by atoms with E-state index < -0.39 is 0 Å². The maximum absolute atomic E-state index is 6.37. The van der Waals surface area contributed by atoms with Gasteiger partial charge in [0.1, 0.15) is 6.33 Å². The van der Waals surface area contributed by atoms with Gasteiger partial charge in [0.2, 0.25) is 0 Å². The molecule has 6 rings (SSSR count). The molecule has 1 saturated heterocycles. The van der Waals surface area contributed by atoms with E-state index in [1.165, 1.54) is 44.9 Å². The first-order chi connectivity index (χ1) is 15.9. The van der Waals surface area contributed by atoms with Crippen LogP contribution < -0.4 is 0 Å². The van der Waals surface area contributed by atoms with Crippen molar-refractivity contribution in [3.63, 3.8) is 0 Å². The van der Waals surface area contributed by atoms with Crippen molar-refractivity contribution in [1.29, 1.82) is 0 Å². The van der Waals surface area contributed by atoms with E-state index in [0.29, 0.717) is 22.4 Å². The van der Waals surface area contributed by atoms with Gasteiger partial charge in [-0.2, -0.15) is 0 Å². The summed E-state index contributed by atoms with van der Waals surface area (Å²) in [6.07, 6.45) is 15.6. The van der Waals surface area contributed by atoms with Gasteiger partial charge in [-0.3, -0.25) is 4.57 Å². The Labute approximate surface area is 203 Å². The second kappa shape index (κ2) is 8.03. The highest BCUT2D eigenvalue weighted by molar-refractivity contribution is 7.80. The van der Waals surface area contributed by atoms with Gasteiger partial charge in [0.05, 0.1) is 19.8 Å². The molecule has 4 saturated carbocycles. The molecule has 5 fully saturated rings. The molecule has 0 bridgehead atoms. The number of ether oxygens (including phenoxy) is 3. The summed E-state index contributed by atoms with van der Waals surface area (Å²) >= 11 is 5.58. The minimum absolute atomic E-state index is 0.146. The number of hydrogen-bond donors (Lipinski definition) is 0. The van der Waals surface area contributed by atoms with Crippen LogP contribution in [0.1, 0.15) is 72.1 Å². The number of nitrogens with zero attached hydrogens (tertiary/aromatic N) is 2. The maximum Gasteiger partial charge on any atom is 0.268 e. The average Bonchev–Trinajstić information content (AvgIpc) is 3.55. The Morgan fingerprint density at radius 2 is 1.85 bits per heavy atom. The molecule has 0 aromatic carbocycles. The lowest BCUT2D eigenvalue weighted by atomic mass is 9.42. The normalized spacial score (nSPS) is 45.9. The summed E-state index contributed by atoms with van der Waals surface area (Å²) in [5, 5.41) is 0.529. The first-order valence-corrected chi connectivity index (χ1v) is 13.7. The van der Waals surface area contributed by atoms with E-state index in [4.69, 9.17) is 26.4 Å². The van der Waals surface area contributed by atoms with Crippen molar-refractivity contribution in [2.24, 2.45) is 46.3 Å². The standard InChI is InChI=1S/C27H40N2O3S/c1-18-4-7-25(2)21-5-8-26(3)22(6-9-27(26)31-12-13-32-27)20(21)15-19(23(25)14-18)16-30-24(33)29-11-10-28-17-29/h10-11,17-23H,4-9,12-16H2,1-3H3/t18-,19-,20+,21-,22-,23+,25+,26-/m0/s1. The Balaban J connectivity index is 1.28. The molecule has 6 heteroatoms. The second-order valence-electron chi connectivity index (χ2n) is 12.4. The van der Waals surface area contributed by atoms with E-state index in [2.05, 4.69) is 25.8 Å². The van der Waals surface area contributed by atoms with Gasteiger partial charge in [-0.1, -0.05) is 27.2 Å². The zero-order valence-corrected chi connectivity index (χ0v) is 21.3. The van der Waals surface area contributed by atoms with E-state index in [-0.39, 0.29) is 11.2 Å². The Bertz CT molecular complexity index is 884. The molecule has 0 unspecified atom stereocenters. The number of aromatic nitrogens is 2. The van der Waals surface area contributed by atoms with Crippen LogP contribution in [0.3, 0.4) is 0 Å². The van der Waals surface area contributed by atoms with E-state index in [0.717, 1.165) is 49.9 Å². The van der Waals surface area contributed by atoms with E-state index >= 15 is 0 Å². The van der Waals surface area contributed by atoms with Crippen molar-refractivity contribution >= 4 is 17.4 Å². The van der Waals surface area contributed by atoms with E-state index in [1.807, 2.05) is 10.8 Å². The van der Waals surface area contributed by atoms with Crippen molar-refractivity contribution < 1.29 is 14.2 Å². The smallest absolute Gasteiger partial charge is 0.268 e. The van der Waals surface area contributed by atoms with Crippen molar-refractivity contribution in [2.45, 2.75) is 77.9 Å². The van der Waals surface area contributed by atoms with Crippen LogP contribution in [0, 0.1) is 46.3 Å². The zero-order valence-electron chi connectivity index (χ0n) is 20.5. The number of fused-ring (bicyclic) bond motifs is 6. The van der Waals surface area contributed by atoms with Crippen LogP contribution in [0.5, 0.6) is 0 Å².